The summed E-state index contributed by atoms with van der Waals surface area (Å²) in [6.45, 7) is 5.41. The number of nitrogens with zero attached hydrogens (tertiary/aromatic N) is 4. The maximum Gasteiger partial charge on any atom is 0.240 e. The van der Waals surface area contributed by atoms with Crippen LogP contribution in [0.15, 0.2) is 24.3 Å². The highest BCUT2D eigenvalue weighted by atomic mass is 35.5. The van der Waals surface area contributed by atoms with Crippen molar-refractivity contribution in [2.24, 2.45) is 0 Å². The number of piperazine rings is 1. The number of anilines is 2. The monoisotopic (exact) mass is 413 g/mol. The number of aromatic nitrogens is 2. The normalized spacial score (nSPS) is 17.2. The van der Waals surface area contributed by atoms with Gasteiger partial charge in [0.15, 0.2) is 5.78 Å². The van der Waals surface area contributed by atoms with Crippen LogP contribution in [-0.2, 0) is 11.2 Å². The van der Waals surface area contributed by atoms with E-state index in [2.05, 4.69) is 25.1 Å². The van der Waals surface area contributed by atoms with Crippen LogP contribution in [0.25, 0.3) is 0 Å². The van der Waals surface area contributed by atoms with E-state index < -0.39 is 0 Å². The van der Waals surface area contributed by atoms with Crippen molar-refractivity contribution in [2.45, 2.75) is 26.2 Å². The highest BCUT2D eigenvalue weighted by molar-refractivity contribution is 6.30. The Morgan fingerprint density at radius 1 is 1.10 bits per heavy atom. The summed E-state index contributed by atoms with van der Waals surface area (Å²) < 4.78 is 0. The minimum absolute atomic E-state index is 0.0974. The van der Waals surface area contributed by atoms with Gasteiger partial charge in [0, 0.05) is 43.3 Å². The number of hydrogen-bond acceptors (Lipinski definition) is 6. The van der Waals surface area contributed by atoms with Gasteiger partial charge in [-0.15, -0.1) is 0 Å². The average molecular weight is 414 g/mol. The lowest BCUT2D eigenvalue weighted by Gasteiger charge is -2.35. The second-order valence-electron chi connectivity index (χ2n) is 7.52. The summed E-state index contributed by atoms with van der Waals surface area (Å²) in [6.07, 6.45) is 2.10. The predicted octanol–water partition coefficient (Wildman–Crippen LogP) is 2.72. The van der Waals surface area contributed by atoms with Gasteiger partial charge in [-0.3, -0.25) is 19.8 Å². The standard InChI is InChI=1S/C21H24ClN5O2/c1-14-20-17(3-2-4-18(20)28)24-21(23-14)25-19(29)13-26-9-11-27(12-10-26)16-7-5-15(22)6-8-16/h5-8H,2-4,9-13H2,1H3,(H,23,24,25,29). The number of carbonyl (C=O) groups excluding carboxylic acids is 2. The summed E-state index contributed by atoms with van der Waals surface area (Å²) in [4.78, 5) is 37.7. The summed E-state index contributed by atoms with van der Waals surface area (Å²) in [5.41, 5.74) is 3.17. The zero-order valence-electron chi connectivity index (χ0n) is 16.4. The molecule has 2 aliphatic rings. The third-order valence-electron chi connectivity index (χ3n) is 5.44. The summed E-state index contributed by atoms with van der Waals surface area (Å²) in [7, 11) is 0. The lowest BCUT2D eigenvalue weighted by Crippen LogP contribution is -2.48. The van der Waals surface area contributed by atoms with E-state index in [0.717, 1.165) is 55.4 Å². The van der Waals surface area contributed by atoms with E-state index >= 15 is 0 Å². The van der Waals surface area contributed by atoms with Gasteiger partial charge >= 0.3 is 0 Å². The number of aryl methyl sites for hydroxylation is 2. The third-order valence-corrected chi connectivity index (χ3v) is 5.70. The minimum atomic E-state index is -0.133. The highest BCUT2D eigenvalue weighted by Crippen LogP contribution is 2.23. The largest absolute Gasteiger partial charge is 0.369 e. The van der Waals surface area contributed by atoms with Gasteiger partial charge in [-0.25, -0.2) is 9.97 Å². The van der Waals surface area contributed by atoms with Crippen LogP contribution in [0.2, 0.25) is 5.02 Å². The molecular formula is C21H24ClN5O2. The summed E-state index contributed by atoms with van der Waals surface area (Å²) in [6, 6.07) is 7.83. The van der Waals surface area contributed by atoms with Crippen LogP contribution in [0, 0.1) is 6.92 Å². The van der Waals surface area contributed by atoms with Crippen molar-refractivity contribution < 1.29 is 9.59 Å². The molecule has 0 unspecified atom stereocenters. The van der Waals surface area contributed by atoms with Crippen LogP contribution in [0.1, 0.15) is 34.6 Å². The Bertz CT molecular complexity index is 923. The van der Waals surface area contributed by atoms with E-state index in [1.165, 1.54) is 0 Å². The molecule has 1 saturated heterocycles. The zero-order chi connectivity index (χ0) is 20.4. The first-order valence-corrected chi connectivity index (χ1v) is 10.3. The number of carbonyl (C=O) groups is 2. The second-order valence-corrected chi connectivity index (χ2v) is 7.96. The molecule has 4 rings (SSSR count). The number of amides is 1. The highest BCUT2D eigenvalue weighted by Gasteiger charge is 2.24. The number of halogens is 1. The van der Waals surface area contributed by atoms with Gasteiger partial charge in [-0.2, -0.15) is 0 Å². The van der Waals surface area contributed by atoms with Crippen molar-refractivity contribution in [1.82, 2.24) is 14.9 Å². The van der Waals surface area contributed by atoms with Crippen molar-refractivity contribution in [3.8, 4) is 0 Å². The fourth-order valence-corrected chi connectivity index (χ4v) is 4.08. The average Bonchev–Trinajstić information content (AvgIpc) is 2.69. The molecule has 1 aliphatic heterocycles. The fraction of sp³-hybridized carbons (Fsp3) is 0.429. The number of rotatable bonds is 4. The number of fused-ring (bicyclic) bond motifs is 1. The Morgan fingerprint density at radius 3 is 2.55 bits per heavy atom. The van der Waals surface area contributed by atoms with E-state index in [1.807, 2.05) is 24.3 Å². The first kappa shape index (κ1) is 19.8. The van der Waals surface area contributed by atoms with Crippen molar-refractivity contribution in [3.05, 3.63) is 46.2 Å². The molecule has 0 saturated carbocycles. The Hall–Kier alpha value is -2.51. The van der Waals surface area contributed by atoms with Crippen LogP contribution in [-0.4, -0.2) is 59.3 Å². The van der Waals surface area contributed by atoms with Crippen LogP contribution >= 0.6 is 11.6 Å². The molecule has 1 amide bonds. The summed E-state index contributed by atoms with van der Waals surface area (Å²) in [5, 5.41) is 3.53. The topological polar surface area (TPSA) is 78.4 Å². The van der Waals surface area contributed by atoms with E-state index in [-0.39, 0.29) is 11.7 Å². The van der Waals surface area contributed by atoms with Gasteiger partial charge in [0.1, 0.15) is 0 Å². The molecular weight excluding hydrogens is 390 g/mol. The number of nitrogens with one attached hydrogen (secondary N) is 1. The molecule has 1 aromatic heterocycles. The number of ketones is 1. The number of hydrogen-bond donors (Lipinski definition) is 1. The Labute approximate surface area is 175 Å². The molecule has 7 nitrogen and oxygen atoms in total. The van der Waals surface area contributed by atoms with Gasteiger partial charge in [0.25, 0.3) is 0 Å². The van der Waals surface area contributed by atoms with Crippen LogP contribution in [0.3, 0.4) is 0 Å². The van der Waals surface area contributed by atoms with Gasteiger partial charge in [-0.05, 0) is 44.0 Å². The molecule has 1 aromatic carbocycles. The maximum absolute atomic E-state index is 12.5. The molecule has 1 N–H and O–H groups in total. The first-order valence-electron chi connectivity index (χ1n) is 9.93. The van der Waals surface area contributed by atoms with Gasteiger partial charge in [0.2, 0.25) is 11.9 Å². The van der Waals surface area contributed by atoms with Crippen LogP contribution < -0.4 is 10.2 Å². The summed E-state index contributed by atoms with van der Waals surface area (Å²) >= 11 is 5.96. The minimum Gasteiger partial charge on any atom is -0.369 e. The molecule has 1 aliphatic carbocycles. The lowest BCUT2D eigenvalue weighted by molar-refractivity contribution is -0.117. The fourth-order valence-electron chi connectivity index (χ4n) is 3.96. The quantitative estimate of drug-likeness (QED) is 0.830. The molecule has 0 atom stereocenters. The van der Waals surface area contributed by atoms with Crippen molar-refractivity contribution >= 4 is 34.9 Å². The van der Waals surface area contributed by atoms with Gasteiger partial charge in [-0.1, -0.05) is 11.6 Å². The second kappa shape index (κ2) is 8.47. The molecule has 0 radical (unpaired) electrons. The molecule has 29 heavy (non-hydrogen) atoms. The van der Waals surface area contributed by atoms with E-state index in [0.29, 0.717) is 30.2 Å². The number of Topliss-reactive ketones (excluding diaryl/α,β-unsaturated/α-hetero) is 1. The van der Waals surface area contributed by atoms with Gasteiger partial charge < -0.3 is 4.90 Å². The summed E-state index contributed by atoms with van der Waals surface area (Å²) in [5.74, 6) is 0.257. The van der Waals surface area contributed by atoms with Crippen molar-refractivity contribution in [3.63, 3.8) is 0 Å². The maximum atomic E-state index is 12.5. The van der Waals surface area contributed by atoms with Crippen LogP contribution in [0.5, 0.6) is 0 Å². The molecule has 0 bridgehead atoms. The smallest absolute Gasteiger partial charge is 0.240 e. The zero-order valence-corrected chi connectivity index (χ0v) is 17.2. The van der Waals surface area contributed by atoms with Crippen molar-refractivity contribution in [1.29, 1.82) is 0 Å². The van der Waals surface area contributed by atoms with E-state index in [4.69, 9.17) is 11.6 Å². The van der Waals surface area contributed by atoms with Gasteiger partial charge in [0.05, 0.1) is 23.5 Å². The lowest BCUT2D eigenvalue weighted by atomic mass is 9.94. The molecule has 2 aromatic rings. The Morgan fingerprint density at radius 2 is 1.83 bits per heavy atom. The first-order chi connectivity index (χ1) is 14.0. The van der Waals surface area contributed by atoms with E-state index in [9.17, 15) is 9.59 Å². The van der Waals surface area contributed by atoms with Crippen LogP contribution in [0.4, 0.5) is 11.6 Å². The molecule has 8 heteroatoms. The third kappa shape index (κ3) is 4.57. The predicted molar refractivity (Wildman–Crippen MR) is 113 cm³/mol. The number of benzene rings is 1. The molecule has 152 valence electrons. The molecule has 0 spiro atoms. The van der Waals surface area contributed by atoms with Crippen molar-refractivity contribution in [2.75, 3.05) is 42.9 Å². The molecule has 1 fully saturated rings. The SMILES string of the molecule is Cc1nc(NC(=O)CN2CCN(c3ccc(Cl)cc3)CC2)nc2c1C(=O)CCC2. The Kier molecular flexibility index (Phi) is 5.78. The Balaban J connectivity index is 1.32. The molecule has 2 heterocycles. The van der Waals surface area contributed by atoms with E-state index in [1.54, 1.807) is 6.92 Å².